The SMILES string of the molecule is CCC(=O)NCCc1csc(C2CCCN(C(=O)c3ccc(Cl)cc3)C2)n1. The highest BCUT2D eigenvalue weighted by molar-refractivity contribution is 7.09. The molecule has 0 bridgehead atoms. The molecule has 7 heteroatoms. The zero-order chi connectivity index (χ0) is 19.2. The standard InChI is InChI=1S/C20H24ClN3O2S/c1-2-18(25)22-10-9-17-13-27-19(23-17)15-4-3-11-24(12-15)20(26)14-5-7-16(21)8-6-14/h5-8,13,15H,2-4,9-12H2,1H3,(H,22,25). The molecule has 1 aliphatic rings. The minimum Gasteiger partial charge on any atom is -0.356 e. The maximum absolute atomic E-state index is 12.8. The molecule has 0 spiro atoms. The largest absolute Gasteiger partial charge is 0.356 e. The first-order valence-corrected chi connectivity index (χ1v) is 10.6. The van der Waals surface area contributed by atoms with Crippen molar-refractivity contribution in [1.82, 2.24) is 15.2 Å². The Balaban J connectivity index is 1.58. The van der Waals surface area contributed by atoms with Crippen LogP contribution in [0.2, 0.25) is 5.02 Å². The van der Waals surface area contributed by atoms with Gasteiger partial charge in [-0.3, -0.25) is 9.59 Å². The van der Waals surface area contributed by atoms with E-state index in [0.29, 0.717) is 30.1 Å². The Morgan fingerprint density at radius 2 is 2.11 bits per heavy atom. The first-order chi connectivity index (χ1) is 13.1. The molecule has 2 amide bonds. The van der Waals surface area contributed by atoms with Crippen molar-refractivity contribution >= 4 is 34.8 Å². The third-order valence-corrected chi connectivity index (χ3v) is 6.05. The molecular formula is C20H24ClN3O2S. The van der Waals surface area contributed by atoms with Crippen LogP contribution in [0.5, 0.6) is 0 Å². The van der Waals surface area contributed by atoms with Crippen LogP contribution in [0.25, 0.3) is 0 Å². The Bertz CT molecular complexity index is 791. The lowest BCUT2D eigenvalue weighted by molar-refractivity contribution is -0.120. The fraction of sp³-hybridized carbons (Fsp3) is 0.450. The summed E-state index contributed by atoms with van der Waals surface area (Å²) in [5.41, 5.74) is 1.68. The van der Waals surface area contributed by atoms with Crippen LogP contribution in [0.3, 0.4) is 0 Å². The number of amides is 2. The van der Waals surface area contributed by atoms with Crippen molar-refractivity contribution in [2.75, 3.05) is 19.6 Å². The number of aromatic nitrogens is 1. The number of benzene rings is 1. The number of hydrogen-bond donors (Lipinski definition) is 1. The fourth-order valence-electron chi connectivity index (χ4n) is 3.22. The number of piperidine rings is 1. The number of rotatable bonds is 6. The molecule has 3 rings (SSSR count). The van der Waals surface area contributed by atoms with Crippen LogP contribution >= 0.6 is 22.9 Å². The zero-order valence-corrected chi connectivity index (χ0v) is 17.0. The van der Waals surface area contributed by atoms with E-state index in [0.717, 1.165) is 36.5 Å². The number of nitrogens with zero attached hydrogens (tertiary/aromatic N) is 2. The summed E-state index contributed by atoms with van der Waals surface area (Å²) in [6.07, 6.45) is 3.26. The van der Waals surface area contributed by atoms with Gasteiger partial charge < -0.3 is 10.2 Å². The lowest BCUT2D eigenvalue weighted by Gasteiger charge is -2.32. The van der Waals surface area contributed by atoms with Gasteiger partial charge in [0.15, 0.2) is 0 Å². The molecule has 27 heavy (non-hydrogen) atoms. The smallest absolute Gasteiger partial charge is 0.253 e. The second-order valence-corrected chi connectivity index (χ2v) is 8.05. The average Bonchev–Trinajstić information content (AvgIpc) is 3.17. The van der Waals surface area contributed by atoms with Crippen LogP contribution in [0.15, 0.2) is 29.6 Å². The quantitative estimate of drug-likeness (QED) is 0.793. The molecule has 1 atom stereocenters. The maximum Gasteiger partial charge on any atom is 0.253 e. The van der Waals surface area contributed by atoms with E-state index in [1.165, 1.54) is 0 Å². The van der Waals surface area contributed by atoms with Crippen molar-refractivity contribution in [2.45, 2.75) is 38.5 Å². The first-order valence-electron chi connectivity index (χ1n) is 9.32. The monoisotopic (exact) mass is 405 g/mol. The Kier molecular flexibility index (Phi) is 6.85. The molecule has 1 aromatic heterocycles. The van der Waals surface area contributed by atoms with Gasteiger partial charge in [0.25, 0.3) is 5.91 Å². The van der Waals surface area contributed by atoms with Crippen molar-refractivity contribution in [3.05, 3.63) is 50.9 Å². The second-order valence-electron chi connectivity index (χ2n) is 6.73. The molecule has 2 heterocycles. The number of carbonyl (C=O) groups is 2. The normalized spacial score (nSPS) is 17.0. The van der Waals surface area contributed by atoms with Gasteiger partial charge >= 0.3 is 0 Å². The predicted octanol–water partition coefficient (Wildman–Crippen LogP) is 3.89. The minimum atomic E-state index is 0.0513. The number of nitrogens with one attached hydrogen (secondary N) is 1. The van der Waals surface area contributed by atoms with E-state index < -0.39 is 0 Å². The molecular weight excluding hydrogens is 382 g/mol. The molecule has 5 nitrogen and oxygen atoms in total. The molecule has 1 fully saturated rings. The summed E-state index contributed by atoms with van der Waals surface area (Å²) < 4.78 is 0. The highest BCUT2D eigenvalue weighted by Gasteiger charge is 2.27. The molecule has 0 radical (unpaired) electrons. The number of carbonyl (C=O) groups excluding carboxylic acids is 2. The van der Waals surface area contributed by atoms with E-state index in [2.05, 4.69) is 10.7 Å². The number of thiazole rings is 1. The fourth-order valence-corrected chi connectivity index (χ4v) is 4.33. The predicted molar refractivity (Wildman–Crippen MR) is 108 cm³/mol. The van der Waals surface area contributed by atoms with E-state index in [4.69, 9.17) is 16.6 Å². The molecule has 2 aromatic rings. The van der Waals surface area contributed by atoms with Crippen LogP contribution in [0.4, 0.5) is 0 Å². The van der Waals surface area contributed by atoms with Gasteiger partial charge in [0.2, 0.25) is 5.91 Å². The van der Waals surface area contributed by atoms with Gasteiger partial charge in [-0.05, 0) is 37.1 Å². The first kappa shape index (κ1) is 19.8. The summed E-state index contributed by atoms with van der Waals surface area (Å²) in [5, 5.41) is 6.66. The summed E-state index contributed by atoms with van der Waals surface area (Å²) in [6, 6.07) is 7.06. The van der Waals surface area contributed by atoms with E-state index in [9.17, 15) is 9.59 Å². The summed E-state index contributed by atoms with van der Waals surface area (Å²) in [5.74, 6) is 0.392. The van der Waals surface area contributed by atoms with Crippen molar-refractivity contribution in [2.24, 2.45) is 0 Å². The Hall–Kier alpha value is -1.92. The summed E-state index contributed by atoms with van der Waals surface area (Å²) in [4.78, 5) is 30.7. The molecule has 0 saturated carbocycles. The molecule has 1 N–H and O–H groups in total. The van der Waals surface area contributed by atoms with Crippen molar-refractivity contribution in [1.29, 1.82) is 0 Å². The van der Waals surface area contributed by atoms with Crippen molar-refractivity contribution < 1.29 is 9.59 Å². The molecule has 1 aromatic carbocycles. The highest BCUT2D eigenvalue weighted by atomic mass is 35.5. The van der Waals surface area contributed by atoms with Crippen molar-refractivity contribution in [3.8, 4) is 0 Å². The Morgan fingerprint density at radius 1 is 1.33 bits per heavy atom. The second kappa shape index (κ2) is 9.33. The lowest BCUT2D eigenvalue weighted by atomic mass is 9.98. The van der Waals surface area contributed by atoms with Gasteiger partial charge in [-0.1, -0.05) is 18.5 Å². The Morgan fingerprint density at radius 3 is 2.85 bits per heavy atom. The van der Waals surface area contributed by atoms with Crippen LogP contribution in [0, 0.1) is 0 Å². The lowest BCUT2D eigenvalue weighted by Crippen LogP contribution is -2.39. The van der Waals surface area contributed by atoms with Crippen LogP contribution in [-0.2, 0) is 11.2 Å². The van der Waals surface area contributed by atoms with Gasteiger partial charge in [0.05, 0.1) is 10.7 Å². The van der Waals surface area contributed by atoms with Crippen molar-refractivity contribution in [3.63, 3.8) is 0 Å². The zero-order valence-electron chi connectivity index (χ0n) is 15.4. The molecule has 1 aliphatic heterocycles. The van der Waals surface area contributed by atoms with Crippen LogP contribution in [0.1, 0.15) is 53.2 Å². The van der Waals surface area contributed by atoms with E-state index >= 15 is 0 Å². The van der Waals surface area contributed by atoms with Crippen LogP contribution < -0.4 is 5.32 Å². The summed E-state index contributed by atoms with van der Waals surface area (Å²) >= 11 is 7.57. The minimum absolute atomic E-state index is 0.0513. The molecule has 144 valence electrons. The third-order valence-electron chi connectivity index (χ3n) is 4.74. The molecule has 0 aliphatic carbocycles. The van der Waals surface area contributed by atoms with Crippen LogP contribution in [-0.4, -0.2) is 41.3 Å². The third kappa shape index (κ3) is 5.30. The molecule has 1 unspecified atom stereocenters. The van der Waals surface area contributed by atoms with Gasteiger partial charge in [-0.15, -0.1) is 11.3 Å². The van der Waals surface area contributed by atoms with Gasteiger partial charge in [0, 0.05) is 54.4 Å². The number of likely N-dealkylation sites (tertiary alicyclic amines) is 1. The Labute approximate surface area is 168 Å². The van der Waals surface area contributed by atoms with Gasteiger partial charge in [-0.2, -0.15) is 0 Å². The number of halogens is 1. The average molecular weight is 406 g/mol. The van der Waals surface area contributed by atoms with Gasteiger partial charge in [0.1, 0.15) is 0 Å². The number of hydrogen-bond acceptors (Lipinski definition) is 4. The summed E-state index contributed by atoms with van der Waals surface area (Å²) in [6.45, 7) is 3.93. The highest BCUT2D eigenvalue weighted by Crippen LogP contribution is 2.30. The van der Waals surface area contributed by atoms with E-state index in [1.807, 2.05) is 11.8 Å². The summed E-state index contributed by atoms with van der Waals surface area (Å²) in [7, 11) is 0. The van der Waals surface area contributed by atoms with E-state index in [1.54, 1.807) is 35.6 Å². The maximum atomic E-state index is 12.8. The topological polar surface area (TPSA) is 62.3 Å². The molecule has 1 saturated heterocycles. The van der Waals surface area contributed by atoms with Gasteiger partial charge in [-0.25, -0.2) is 4.98 Å². The van der Waals surface area contributed by atoms with E-state index in [-0.39, 0.29) is 17.7 Å².